The molecule has 7 heteroatoms. The van der Waals surface area contributed by atoms with Crippen molar-refractivity contribution in [2.75, 3.05) is 7.11 Å². The lowest BCUT2D eigenvalue weighted by atomic mass is 10.3. The summed E-state index contributed by atoms with van der Waals surface area (Å²) >= 11 is 7.86. The molecule has 0 radical (unpaired) electrons. The van der Waals surface area contributed by atoms with E-state index < -0.39 is 0 Å². The largest absolute Gasteiger partial charge is 0.467 e. The molecule has 0 aliphatic rings. The van der Waals surface area contributed by atoms with E-state index in [-0.39, 0.29) is 17.3 Å². The molecule has 1 heterocycles. The first-order valence-corrected chi connectivity index (χ1v) is 6.02. The van der Waals surface area contributed by atoms with Gasteiger partial charge < -0.3 is 9.47 Å². The van der Waals surface area contributed by atoms with Crippen LogP contribution in [0.1, 0.15) is 0 Å². The maximum Gasteiger partial charge on any atom is 0.329 e. The van der Waals surface area contributed by atoms with Gasteiger partial charge in [0.05, 0.1) is 10.7 Å². The standard InChI is InChI=1S/C10H7ClIN3O2/c1-16-9-13-8(11)14-10(15-9)17-7-5-3-2-4-6(7)12/h2-5H,1H3. The number of ether oxygens (including phenoxy) is 2. The summed E-state index contributed by atoms with van der Waals surface area (Å²) in [5.41, 5.74) is 0. The Balaban J connectivity index is 2.30. The minimum absolute atomic E-state index is 0.0257. The molecule has 2 aromatic rings. The molecule has 0 amide bonds. The number of benzene rings is 1. The molecule has 1 aromatic carbocycles. The Morgan fingerprint density at radius 1 is 1.12 bits per heavy atom. The molecule has 0 atom stereocenters. The molecule has 88 valence electrons. The average Bonchev–Trinajstić information content (AvgIpc) is 2.31. The van der Waals surface area contributed by atoms with Crippen molar-refractivity contribution in [3.63, 3.8) is 0 Å². The van der Waals surface area contributed by atoms with Gasteiger partial charge in [0, 0.05) is 0 Å². The molecular weight excluding hydrogens is 356 g/mol. The molecule has 1 aromatic heterocycles. The maximum atomic E-state index is 5.71. The summed E-state index contributed by atoms with van der Waals surface area (Å²) in [5.74, 6) is 0.650. The molecule has 0 aliphatic carbocycles. The highest BCUT2D eigenvalue weighted by molar-refractivity contribution is 14.1. The minimum Gasteiger partial charge on any atom is -0.467 e. The van der Waals surface area contributed by atoms with Crippen LogP contribution in [0.2, 0.25) is 5.28 Å². The van der Waals surface area contributed by atoms with Crippen molar-refractivity contribution in [1.29, 1.82) is 0 Å². The predicted octanol–water partition coefficient (Wildman–Crippen LogP) is 2.93. The van der Waals surface area contributed by atoms with Crippen LogP contribution in [0.15, 0.2) is 24.3 Å². The minimum atomic E-state index is 0.0257. The van der Waals surface area contributed by atoms with E-state index in [9.17, 15) is 0 Å². The molecule has 0 saturated heterocycles. The van der Waals surface area contributed by atoms with Gasteiger partial charge in [0.15, 0.2) is 0 Å². The number of methoxy groups -OCH3 is 1. The molecule has 0 unspecified atom stereocenters. The fourth-order valence-electron chi connectivity index (χ4n) is 1.08. The molecule has 0 spiro atoms. The van der Waals surface area contributed by atoms with E-state index in [2.05, 4.69) is 37.5 Å². The van der Waals surface area contributed by atoms with Gasteiger partial charge in [0.25, 0.3) is 0 Å². The van der Waals surface area contributed by atoms with Crippen LogP contribution in [0.3, 0.4) is 0 Å². The second-order valence-electron chi connectivity index (χ2n) is 2.91. The van der Waals surface area contributed by atoms with Gasteiger partial charge in [-0.15, -0.1) is 4.98 Å². The monoisotopic (exact) mass is 363 g/mol. The summed E-state index contributed by atoms with van der Waals surface area (Å²) in [6.45, 7) is 0. The number of aromatic nitrogens is 3. The van der Waals surface area contributed by atoms with Gasteiger partial charge in [-0.25, -0.2) is 0 Å². The lowest BCUT2D eigenvalue weighted by Gasteiger charge is -2.06. The van der Waals surface area contributed by atoms with E-state index in [0.717, 1.165) is 3.57 Å². The quantitative estimate of drug-likeness (QED) is 0.785. The molecular formula is C10H7ClIN3O2. The molecule has 0 saturated carbocycles. The fourth-order valence-corrected chi connectivity index (χ4v) is 1.72. The van der Waals surface area contributed by atoms with Crippen LogP contribution >= 0.6 is 34.2 Å². The van der Waals surface area contributed by atoms with E-state index in [4.69, 9.17) is 21.1 Å². The first-order valence-electron chi connectivity index (χ1n) is 4.57. The average molecular weight is 364 g/mol. The first kappa shape index (κ1) is 12.3. The Morgan fingerprint density at radius 3 is 2.53 bits per heavy atom. The molecule has 2 rings (SSSR count). The van der Waals surface area contributed by atoms with Crippen LogP contribution < -0.4 is 9.47 Å². The third-order valence-electron chi connectivity index (χ3n) is 1.79. The number of halogens is 2. The third-order valence-corrected chi connectivity index (χ3v) is 2.85. The summed E-state index contributed by atoms with van der Waals surface area (Å²) in [6, 6.07) is 7.71. The summed E-state index contributed by atoms with van der Waals surface area (Å²) in [4.78, 5) is 11.5. The number of para-hydroxylation sites is 1. The predicted molar refractivity (Wildman–Crippen MR) is 70.6 cm³/mol. The van der Waals surface area contributed by atoms with Crippen LogP contribution in [0.5, 0.6) is 17.8 Å². The Bertz CT molecular complexity index is 539. The molecule has 0 N–H and O–H groups in total. The fraction of sp³-hybridized carbons (Fsp3) is 0.100. The normalized spacial score (nSPS) is 10.1. The van der Waals surface area contributed by atoms with Crippen molar-refractivity contribution in [3.8, 4) is 17.8 Å². The van der Waals surface area contributed by atoms with Crippen LogP contribution in [0.4, 0.5) is 0 Å². The second-order valence-corrected chi connectivity index (χ2v) is 4.41. The van der Waals surface area contributed by atoms with Gasteiger partial charge in [0.1, 0.15) is 5.75 Å². The van der Waals surface area contributed by atoms with E-state index in [1.807, 2.05) is 24.3 Å². The lowest BCUT2D eigenvalue weighted by molar-refractivity contribution is 0.358. The SMILES string of the molecule is COc1nc(Cl)nc(Oc2ccccc2I)n1. The lowest BCUT2D eigenvalue weighted by Crippen LogP contribution is -1.99. The Kier molecular flexibility index (Phi) is 3.95. The zero-order valence-electron chi connectivity index (χ0n) is 8.72. The first-order chi connectivity index (χ1) is 8.19. The highest BCUT2D eigenvalue weighted by atomic mass is 127. The summed E-state index contributed by atoms with van der Waals surface area (Å²) in [6.07, 6.45) is 0. The van der Waals surface area contributed by atoms with E-state index in [1.165, 1.54) is 7.11 Å². The van der Waals surface area contributed by atoms with E-state index in [0.29, 0.717) is 5.75 Å². The van der Waals surface area contributed by atoms with Gasteiger partial charge in [-0.05, 0) is 46.3 Å². The van der Waals surface area contributed by atoms with Crippen molar-refractivity contribution in [2.45, 2.75) is 0 Å². The maximum absolute atomic E-state index is 5.71. The van der Waals surface area contributed by atoms with E-state index >= 15 is 0 Å². The number of nitrogens with zero attached hydrogens (tertiary/aromatic N) is 3. The highest BCUT2D eigenvalue weighted by Crippen LogP contribution is 2.25. The molecule has 0 aliphatic heterocycles. The Labute approximate surface area is 116 Å². The van der Waals surface area contributed by atoms with Gasteiger partial charge in [-0.2, -0.15) is 9.97 Å². The molecule has 0 fully saturated rings. The second kappa shape index (κ2) is 5.46. The van der Waals surface area contributed by atoms with Gasteiger partial charge in [0.2, 0.25) is 5.28 Å². The van der Waals surface area contributed by atoms with Crippen molar-refractivity contribution >= 4 is 34.2 Å². The summed E-state index contributed by atoms with van der Waals surface area (Å²) in [7, 11) is 1.45. The van der Waals surface area contributed by atoms with Crippen molar-refractivity contribution in [1.82, 2.24) is 15.0 Å². The zero-order chi connectivity index (χ0) is 12.3. The topological polar surface area (TPSA) is 57.1 Å². The molecule has 0 bridgehead atoms. The smallest absolute Gasteiger partial charge is 0.329 e. The zero-order valence-corrected chi connectivity index (χ0v) is 11.6. The van der Waals surface area contributed by atoms with E-state index in [1.54, 1.807) is 0 Å². The van der Waals surface area contributed by atoms with Crippen LogP contribution in [-0.4, -0.2) is 22.1 Å². The van der Waals surface area contributed by atoms with Crippen molar-refractivity contribution in [3.05, 3.63) is 33.1 Å². The van der Waals surface area contributed by atoms with Gasteiger partial charge >= 0.3 is 12.0 Å². The third kappa shape index (κ3) is 3.16. The van der Waals surface area contributed by atoms with Gasteiger partial charge in [-0.3, -0.25) is 0 Å². The summed E-state index contributed by atoms with van der Waals surface area (Å²) in [5, 5.41) is 0.0257. The number of hydrogen-bond donors (Lipinski definition) is 0. The Hall–Kier alpha value is -1.15. The highest BCUT2D eigenvalue weighted by Gasteiger charge is 2.08. The summed E-state index contributed by atoms with van der Waals surface area (Å²) < 4.78 is 11.3. The molecule has 17 heavy (non-hydrogen) atoms. The van der Waals surface area contributed by atoms with Crippen LogP contribution in [0.25, 0.3) is 0 Å². The van der Waals surface area contributed by atoms with Gasteiger partial charge in [-0.1, -0.05) is 12.1 Å². The van der Waals surface area contributed by atoms with Crippen molar-refractivity contribution < 1.29 is 9.47 Å². The number of rotatable bonds is 3. The van der Waals surface area contributed by atoms with Crippen molar-refractivity contribution in [2.24, 2.45) is 0 Å². The van der Waals surface area contributed by atoms with Crippen LogP contribution in [-0.2, 0) is 0 Å². The van der Waals surface area contributed by atoms with Crippen LogP contribution in [0, 0.1) is 3.57 Å². The Morgan fingerprint density at radius 2 is 1.82 bits per heavy atom. The number of hydrogen-bond acceptors (Lipinski definition) is 5. The molecule has 5 nitrogen and oxygen atoms in total.